The molecule has 73 heavy (non-hydrogen) atoms. The van der Waals surface area contributed by atoms with Gasteiger partial charge in [0.05, 0.1) is 6.61 Å². The van der Waals surface area contributed by atoms with Crippen LogP contribution < -0.4 is 0 Å². The summed E-state index contributed by atoms with van der Waals surface area (Å²) < 4.78 is 10.8. The zero-order chi connectivity index (χ0) is 52.7. The van der Waals surface area contributed by atoms with Gasteiger partial charge in [-0.05, 0) is 44.9 Å². The van der Waals surface area contributed by atoms with Gasteiger partial charge >= 0.3 is 11.9 Å². The molecule has 0 aliphatic heterocycles. The SMILES string of the molecule is CCCCCCC/C=C\C/C=C\CCCCCCCCCCCCCCCCCCCCCC(=O)OC(CO)COC(=O)CCCCCCCCCCCCCCCCCCCCCCCCCCCCCC. The van der Waals surface area contributed by atoms with Crippen molar-refractivity contribution in [3.8, 4) is 0 Å². The third-order valence-electron chi connectivity index (χ3n) is 15.5. The number of unbranched alkanes of at least 4 members (excludes halogenated alkanes) is 51. The zero-order valence-electron chi connectivity index (χ0n) is 49.7. The first kappa shape index (κ1) is 71.4. The average molecular weight is 1030 g/mol. The monoisotopic (exact) mass is 1030 g/mol. The van der Waals surface area contributed by atoms with E-state index < -0.39 is 6.10 Å². The van der Waals surface area contributed by atoms with Gasteiger partial charge < -0.3 is 14.6 Å². The van der Waals surface area contributed by atoms with Crippen molar-refractivity contribution in [1.29, 1.82) is 0 Å². The summed E-state index contributed by atoms with van der Waals surface area (Å²) in [5.74, 6) is -0.564. The highest BCUT2D eigenvalue weighted by atomic mass is 16.6. The minimum Gasteiger partial charge on any atom is -0.462 e. The molecule has 0 aromatic heterocycles. The summed E-state index contributed by atoms with van der Waals surface area (Å²) in [6, 6.07) is 0. The van der Waals surface area contributed by atoms with Crippen molar-refractivity contribution in [3.05, 3.63) is 24.3 Å². The highest BCUT2D eigenvalue weighted by Crippen LogP contribution is 2.19. The van der Waals surface area contributed by atoms with E-state index in [2.05, 4.69) is 38.2 Å². The number of rotatable bonds is 63. The largest absolute Gasteiger partial charge is 0.462 e. The topological polar surface area (TPSA) is 72.8 Å². The fourth-order valence-electron chi connectivity index (χ4n) is 10.5. The van der Waals surface area contributed by atoms with E-state index in [-0.39, 0.29) is 25.2 Å². The summed E-state index contributed by atoms with van der Waals surface area (Å²) in [4.78, 5) is 24.6. The third-order valence-corrected chi connectivity index (χ3v) is 15.5. The number of hydrogen-bond donors (Lipinski definition) is 1. The van der Waals surface area contributed by atoms with E-state index in [0.29, 0.717) is 12.8 Å². The van der Waals surface area contributed by atoms with Gasteiger partial charge in [-0.2, -0.15) is 0 Å². The van der Waals surface area contributed by atoms with Crippen LogP contribution in [0, 0.1) is 0 Å². The minimum absolute atomic E-state index is 0.0579. The summed E-state index contributed by atoms with van der Waals surface area (Å²) in [5.41, 5.74) is 0. The lowest BCUT2D eigenvalue weighted by Crippen LogP contribution is -2.28. The van der Waals surface area contributed by atoms with Gasteiger partial charge in [0.25, 0.3) is 0 Å². The van der Waals surface area contributed by atoms with Crippen LogP contribution in [0.4, 0.5) is 0 Å². The molecule has 0 saturated carbocycles. The molecule has 0 bridgehead atoms. The smallest absolute Gasteiger partial charge is 0.306 e. The Morgan fingerprint density at radius 1 is 0.315 bits per heavy atom. The first-order chi connectivity index (χ1) is 36.1. The average Bonchev–Trinajstić information content (AvgIpc) is 3.39. The number of aliphatic hydroxyl groups is 1. The number of ether oxygens (including phenoxy) is 2. The Kier molecular flexibility index (Phi) is 63.2. The molecular formula is C68H130O5. The van der Waals surface area contributed by atoms with Crippen molar-refractivity contribution in [2.75, 3.05) is 13.2 Å². The lowest BCUT2D eigenvalue weighted by molar-refractivity contribution is -0.161. The number of aliphatic hydroxyl groups excluding tert-OH is 1. The van der Waals surface area contributed by atoms with Gasteiger partial charge in [-0.15, -0.1) is 0 Å². The Labute approximate surface area is 457 Å². The Morgan fingerprint density at radius 2 is 0.548 bits per heavy atom. The number of carbonyl (C=O) groups excluding carboxylic acids is 2. The van der Waals surface area contributed by atoms with Crippen molar-refractivity contribution in [3.63, 3.8) is 0 Å². The van der Waals surface area contributed by atoms with E-state index in [1.54, 1.807) is 0 Å². The van der Waals surface area contributed by atoms with Crippen molar-refractivity contribution >= 4 is 11.9 Å². The standard InChI is InChI=1S/C68H130O5/c1-3-5-7-9-11-13-15-17-19-21-23-25-27-29-31-33-34-35-37-39-41-43-45-47-49-51-53-55-57-59-61-63-68(71)73-66(64-69)65-72-67(70)62-60-58-56-54-52-50-48-46-44-42-40-38-36-32-30-28-26-24-22-20-18-16-14-12-10-8-6-4-2/h15,17,21,23,66,69H,3-14,16,18-20,22,24-65H2,1-2H3/b17-15-,23-21-. The third kappa shape index (κ3) is 62.8. The molecule has 1 N–H and O–H groups in total. The van der Waals surface area contributed by atoms with E-state index in [0.717, 1.165) is 38.5 Å². The van der Waals surface area contributed by atoms with Crippen LogP contribution in [0.3, 0.4) is 0 Å². The molecule has 0 radical (unpaired) electrons. The zero-order valence-corrected chi connectivity index (χ0v) is 49.7. The predicted octanol–water partition coefficient (Wildman–Crippen LogP) is 22.8. The summed E-state index contributed by atoms with van der Waals surface area (Å²) in [6.45, 7) is 4.20. The Balaban J connectivity index is 3.38. The molecular weight excluding hydrogens is 897 g/mol. The Bertz CT molecular complexity index is 1120. The van der Waals surface area contributed by atoms with Gasteiger partial charge in [-0.25, -0.2) is 0 Å². The second kappa shape index (κ2) is 64.7. The van der Waals surface area contributed by atoms with Crippen LogP contribution >= 0.6 is 0 Å². The van der Waals surface area contributed by atoms with Crippen LogP contribution in [0.25, 0.3) is 0 Å². The summed E-state index contributed by atoms with van der Waals surface area (Å²) in [7, 11) is 0. The molecule has 5 nitrogen and oxygen atoms in total. The predicted molar refractivity (Wildman–Crippen MR) is 321 cm³/mol. The maximum atomic E-state index is 12.3. The molecule has 0 aromatic rings. The van der Waals surface area contributed by atoms with Gasteiger partial charge in [0, 0.05) is 12.8 Å². The molecule has 0 amide bonds. The highest BCUT2D eigenvalue weighted by Gasteiger charge is 2.16. The fourth-order valence-corrected chi connectivity index (χ4v) is 10.5. The van der Waals surface area contributed by atoms with Crippen LogP contribution in [0.5, 0.6) is 0 Å². The summed E-state index contributed by atoms with van der Waals surface area (Å²) in [6.07, 6.45) is 83.5. The lowest BCUT2D eigenvalue weighted by Gasteiger charge is -2.15. The molecule has 1 unspecified atom stereocenters. The molecule has 0 heterocycles. The number of carbonyl (C=O) groups is 2. The van der Waals surface area contributed by atoms with Crippen LogP contribution in [-0.4, -0.2) is 36.4 Å². The van der Waals surface area contributed by atoms with E-state index in [1.807, 2.05) is 0 Å². The Hall–Kier alpha value is -1.62. The van der Waals surface area contributed by atoms with E-state index >= 15 is 0 Å². The van der Waals surface area contributed by atoms with Crippen molar-refractivity contribution in [2.45, 2.75) is 386 Å². The van der Waals surface area contributed by atoms with Crippen LogP contribution in [0.2, 0.25) is 0 Å². The first-order valence-corrected chi connectivity index (χ1v) is 33.4. The number of esters is 2. The number of allylic oxidation sites excluding steroid dienone is 4. The van der Waals surface area contributed by atoms with Gasteiger partial charge in [-0.3, -0.25) is 9.59 Å². The molecule has 0 fully saturated rings. The highest BCUT2D eigenvalue weighted by molar-refractivity contribution is 5.70. The van der Waals surface area contributed by atoms with Crippen molar-refractivity contribution in [1.82, 2.24) is 0 Å². The molecule has 5 heteroatoms. The second-order valence-electron chi connectivity index (χ2n) is 22.9. The van der Waals surface area contributed by atoms with Crippen molar-refractivity contribution in [2.24, 2.45) is 0 Å². The summed E-state index contributed by atoms with van der Waals surface area (Å²) >= 11 is 0. The lowest BCUT2D eigenvalue weighted by atomic mass is 10.0. The quantitative estimate of drug-likeness (QED) is 0.0373. The molecule has 0 aromatic carbocycles. The minimum atomic E-state index is -0.768. The van der Waals surface area contributed by atoms with E-state index in [1.165, 1.54) is 315 Å². The molecule has 0 aliphatic rings. The van der Waals surface area contributed by atoms with E-state index in [4.69, 9.17) is 9.47 Å². The number of hydrogen-bond acceptors (Lipinski definition) is 5. The molecule has 0 saturated heterocycles. The normalized spacial score (nSPS) is 12.2. The molecule has 0 rings (SSSR count). The Morgan fingerprint density at radius 3 is 0.808 bits per heavy atom. The fraction of sp³-hybridized carbons (Fsp3) is 0.912. The van der Waals surface area contributed by atoms with E-state index in [9.17, 15) is 14.7 Å². The molecule has 0 spiro atoms. The first-order valence-electron chi connectivity index (χ1n) is 33.4. The summed E-state index contributed by atoms with van der Waals surface area (Å²) in [5, 5.41) is 9.69. The molecule has 432 valence electrons. The van der Waals surface area contributed by atoms with Gasteiger partial charge in [0.1, 0.15) is 6.61 Å². The van der Waals surface area contributed by atoms with Gasteiger partial charge in [0.2, 0.25) is 0 Å². The molecule has 0 aliphatic carbocycles. The maximum absolute atomic E-state index is 12.3. The molecule has 1 atom stereocenters. The van der Waals surface area contributed by atoms with Crippen molar-refractivity contribution < 1.29 is 24.2 Å². The van der Waals surface area contributed by atoms with Gasteiger partial charge in [0.15, 0.2) is 6.10 Å². The maximum Gasteiger partial charge on any atom is 0.306 e. The van der Waals surface area contributed by atoms with Crippen LogP contribution in [-0.2, 0) is 19.1 Å². The van der Waals surface area contributed by atoms with Crippen LogP contribution in [0.15, 0.2) is 24.3 Å². The van der Waals surface area contributed by atoms with Gasteiger partial charge in [-0.1, -0.05) is 346 Å². The second-order valence-corrected chi connectivity index (χ2v) is 22.9. The van der Waals surface area contributed by atoms with Crippen LogP contribution in [0.1, 0.15) is 380 Å².